The number of ether oxygens (including phenoxy) is 5. The lowest BCUT2D eigenvalue weighted by molar-refractivity contribution is -0.286. The number of rotatable bonds is 9. The molecular formula is C32H30F2N4O6. The molecule has 2 aromatic carbocycles. The number of benzene rings is 2. The van der Waals surface area contributed by atoms with Gasteiger partial charge in [-0.2, -0.15) is 0 Å². The van der Waals surface area contributed by atoms with E-state index in [1.165, 1.54) is 19.2 Å². The maximum absolute atomic E-state index is 13.3. The van der Waals surface area contributed by atoms with Crippen LogP contribution >= 0.6 is 0 Å². The van der Waals surface area contributed by atoms with Gasteiger partial charge in [0.15, 0.2) is 11.5 Å². The normalized spacial score (nSPS) is 19.0. The first-order valence-corrected chi connectivity index (χ1v) is 14.4. The summed E-state index contributed by atoms with van der Waals surface area (Å²) in [5, 5.41) is 0. The van der Waals surface area contributed by atoms with Crippen molar-refractivity contribution in [3.05, 3.63) is 83.3 Å². The first kappa shape index (κ1) is 28.2. The van der Waals surface area contributed by atoms with Crippen molar-refractivity contribution in [2.75, 3.05) is 26.8 Å². The number of hydrogen-bond donors (Lipinski definition) is 0. The Balaban J connectivity index is 1.02. The van der Waals surface area contributed by atoms with E-state index < -0.39 is 6.29 Å². The van der Waals surface area contributed by atoms with Gasteiger partial charge in [-0.15, -0.1) is 8.78 Å². The first-order chi connectivity index (χ1) is 21.3. The van der Waals surface area contributed by atoms with E-state index in [2.05, 4.69) is 30.0 Å². The van der Waals surface area contributed by atoms with Crippen molar-refractivity contribution in [2.45, 2.75) is 44.9 Å². The fourth-order valence-corrected chi connectivity index (χ4v) is 5.58. The van der Waals surface area contributed by atoms with Crippen molar-refractivity contribution in [3.63, 3.8) is 0 Å². The minimum atomic E-state index is -3.66. The van der Waals surface area contributed by atoms with Crippen LogP contribution in [0.1, 0.15) is 40.3 Å². The fraction of sp³-hybridized carbons (Fsp3) is 0.344. The van der Waals surface area contributed by atoms with Crippen molar-refractivity contribution in [2.24, 2.45) is 0 Å². The van der Waals surface area contributed by atoms with Crippen LogP contribution in [-0.2, 0) is 29.2 Å². The fourth-order valence-electron chi connectivity index (χ4n) is 5.58. The zero-order valence-electron chi connectivity index (χ0n) is 24.0. The average Bonchev–Trinajstić information content (AvgIpc) is 3.51. The number of fused-ring (bicyclic) bond motifs is 2. The van der Waals surface area contributed by atoms with Gasteiger partial charge in [-0.3, -0.25) is 4.90 Å². The maximum atomic E-state index is 13.3. The Labute approximate surface area is 251 Å². The number of imidazole rings is 1. The molecule has 0 bridgehead atoms. The molecule has 3 aliphatic rings. The average molecular weight is 605 g/mol. The predicted octanol–water partition coefficient (Wildman–Crippen LogP) is 5.20. The van der Waals surface area contributed by atoms with Crippen LogP contribution in [0.2, 0.25) is 0 Å². The second kappa shape index (κ2) is 11.5. The van der Waals surface area contributed by atoms with Gasteiger partial charge in [0.25, 0.3) is 0 Å². The second-order valence-electron chi connectivity index (χ2n) is 10.9. The topological polar surface area (TPSA) is 97.2 Å². The van der Waals surface area contributed by atoms with Crippen LogP contribution in [0.4, 0.5) is 8.78 Å². The monoisotopic (exact) mass is 604 g/mol. The number of halogens is 2. The van der Waals surface area contributed by atoms with Crippen LogP contribution in [-0.4, -0.2) is 64.6 Å². The molecule has 2 aromatic heterocycles. The molecule has 0 spiro atoms. The SMILES string of the molecule is COC(=O)c1ccc2nc(CN3CC=C(c4cccc(OCc5ccc6c(c5)OC(F)(F)O6)n4)CC3)n(C[C@@H]3CCO3)c2c1. The van der Waals surface area contributed by atoms with Gasteiger partial charge in [0.2, 0.25) is 5.88 Å². The number of aromatic nitrogens is 3. The van der Waals surface area contributed by atoms with Crippen LogP contribution in [0.15, 0.2) is 60.7 Å². The number of pyridine rings is 1. The van der Waals surface area contributed by atoms with Gasteiger partial charge in [0.1, 0.15) is 12.4 Å². The minimum absolute atomic E-state index is 0.00511. The Morgan fingerprint density at radius 3 is 2.73 bits per heavy atom. The van der Waals surface area contributed by atoms with E-state index in [4.69, 9.17) is 19.2 Å². The molecule has 4 aromatic rings. The molecule has 3 aliphatic heterocycles. The maximum Gasteiger partial charge on any atom is 0.586 e. The Morgan fingerprint density at radius 2 is 1.95 bits per heavy atom. The van der Waals surface area contributed by atoms with Gasteiger partial charge >= 0.3 is 12.3 Å². The van der Waals surface area contributed by atoms with Crippen molar-refractivity contribution >= 4 is 22.6 Å². The number of alkyl halides is 2. The predicted molar refractivity (Wildman–Crippen MR) is 155 cm³/mol. The third-order valence-corrected chi connectivity index (χ3v) is 7.99. The van der Waals surface area contributed by atoms with Crippen LogP contribution in [0.25, 0.3) is 16.6 Å². The highest BCUT2D eigenvalue weighted by molar-refractivity contribution is 5.93. The van der Waals surface area contributed by atoms with Gasteiger partial charge in [-0.1, -0.05) is 18.2 Å². The number of carbonyl (C=O) groups excluding carboxylic acids is 1. The highest BCUT2D eigenvalue weighted by Gasteiger charge is 2.43. The summed E-state index contributed by atoms with van der Waals surface area (Å²) in [7, 11) is 1.38. The van der Waals surface area contributed by atoms with Crippen molar-refractivity contribution in [3.8, 4) is 17.4 Å². The van der Waals surface area contributed by atoms with E-state index >= 15 is 0 Å². The summed E-state index contributed by atoms with van der Waals surface area (Å²) in [4.78, 5) is 24.1. The molecule has 0 amide bonds. The van der Waals surface area contributed by atoms with Gasteiger partial charge in [0.05, 0.1) is 48.6 Å². The Bertz CT molecular complexity index is 1750. The lowest BCUT2D eigenvalue weighted by Gasteiger charge is -2.29. The third kappa shape index (κ3) is 5.82. The number of esters is 1. The molecule has 0 aliphatic carbocycles. The van der Waals surface area contributed by atoms with Gasteiger partial charge in [0, 0.05) is 25.8 Å². The summed E-state index contributed by atoms with van der Waals surface area (Å²) in [5.41, 5.74) is 4.83. The molecule has 10 nitrogen and oxygen atoms in total. The van der Waals surface area contributed by atoms with Gasteiger partial charge < -0.3 is 28.3 Å². The first-order valence-electron chi connectivity index (χ1n) is 14.4. The highest BCUT2D eigenvalue weighted by Crippen LogP contribution is 2.41. The van der Waals surface area contributed by atoms with E-state index in [-0.39, 0.29) is 30.2 Å². The van der Waals surface area contributed by atoms with E-state index in [9.17, 15) is 13.6 Å². The molecular weight excluding hydrogens is 574 g/mol. The number of nitrogens with zero attached hydrogens (tertiary/aromatic N) is 4. The zero-order valence-corrected chi connectivity index (χ0v) is 24.0. The van der Waals surface area contributed by atoms with Crippen LogP contribution in [0, 0.1) is 0 Å². The van der Waals surface area contributed by atoms with Gasteiger partial charge in [-0.05, 0) is 60.4 Å². The highest BCUT2D eigenvalue weighted by atomic mass is 19.3. The lowest BCUT2D eigenvalue weighted by atomic mass is 10.0. The standard InChI is InChI=1S/C32H30F2N4O6/c1-40-31(39)22-6-7-25-26(16-22)38(17-23-11-14-41-23)29(35-25)18-37-12-9-21(10-13-37)24-3-2-4-30(36-24)42-19-20-5-8-27-28(15-20)44-32(33,34)43-27/h2-9,15-16,23H,10-14,17-19H2,1H3/t23-/m0/s1. The Hall–Kier alpha value is -4.55. The molecule has 1 atom stereocenters. The molecule has 5 heterocycles. The largest absolute Gasteiger partial charge is 0.586 e. The number of carbonyl (C=O) groups is 1. The number of methoxy groups -OCH3 is 1. The van der Waals surface area contributed by atoms with E-state index in [1.54, 1.807) is 18.2 Å². The Kier molecular flexibility index (Phi) is 7.39. The smallest absolute Gasteiger partial charge is 0.473 e. The molecule has 0 radical (unpaired) electrons. The minimum Gasteiger partial charge on any atom is -0.473 e. The molecule has 0 unspecified atom stereocenters. The van der Waals surface area contributed by atoms with Gasteiger partial charge in [-0.25, -0.2) is 14.8 Å². The van der Waals surface area contributed by atoms with Crippen molar-refractivity contribution in [1.29, 1.82) is 0 Å². The molecule has 0 saturated carbocycles. The van der Waals surface area contributed by atoms with Crippen molar-refractivity contribution < 1.29 is 37.3 Å². The third-order valence-electron chi connectivity index (χ3n) is 7.99. The molecule has 0 N–H and O–H groups in total. The summed E-state index contributed by atoms with van der Waals surface area (Å²) >= 11 is 0. The van der Waals surface area contributed by atoms with Crippen LogP contribution in [0.3, 0.4) is 0 Å². The number of hydrogen-bond acceptors (Lipinski definition) is 9. The summed E-state index contributed by atoms with van der Waals surface area (Å²) < 4.78 is 54.3. The zero-order chi connectivity index (χ0) is 30.3. The van der Waals surface area contributed by atoms with Crippen LogP contribution < -0.4 is 14.2 Å². The summed E-state index contributed by atoms with van der Waals surface area (Å²) in [5.74, 6) is 0.961. The van der Waals surface area contributed by atoms with E-state index in [0.717, 1.165) is 60.7 Å². The second-order valence-corrected chi connectivity index (χ2v) is 10.9. The molecule has 12 heteroatoms. The molecule has 7 rings (SSSR count). The molecule has 1 fully saturated rings. The summed E-state index contributed by atoms with van der Waals surface area (Å²) in [6.07, 6.45) is 0.445. The van der Waals surface area contributed by atoms with E-state index in [0.29, 0.717) is 30.1 Å². The summed E-state index contributed by atoms with van der Waals surface area (Å²) in [6, 6.07) is 15.6. The van der Waals surface area contributed by atoms with Crippen molar-refractivity contribution in [1.82, 2.24) is 19.4 Å². The quantitative estimate of drug-likeness (QED) is 0.239. The molecule has 44 heavy (non-hydrogen) atoms. The molecule has 1 saturated heterocycles. The lowest BCUT2D eigenvalue weighted by Crippen LogP contribution is -2.33. The molecule has 228 valence electrons. The van der Waals surface area contributed by atoms with E-state index in [1.807, 2.05) is 24.3 Å². The Morgan fingerprint density at radius 1 is 1.09 bits per heavy atom. The summed E-state index contributed by atoms with van der Waals surface area (Å²) in [6.45, 7) is 3.77. The van der Waals surface area contributed by atoms with Crippen LogP contribution in [0.5, 0.6) is 17.4 Å².